The maximum atomic E-state index is 12.7. The minimum atomic E-state index is -0.797. The number of anilines is 1. The van der Waals surface area contributed by atoms with Gasteiger partial charge in [-0.3, -0.25) is 9.59 Å². The summed E-state index contributed by atoms with van der Waals surface area (Å²) in [6, 6.07) is 13.6. The molecule has 190 valence electrons. The van der Waals surface area contributed by atoms with Crippen molar-refractivity contribution in [3.05, 3.63) is 78.1 Å². The molecule has 0 spiro atoms. The average Bonchev–Trinajstić information content (AvgIpc) is 3.28. The van der Waals surface area contributed by atoms with E-state index in [2.05, 4.69) is 41.3 Å². The number of hydrogen-bond acceptors (Lipinski definition) is 7. The summed E-state index contributed by atoms with van der Waals surface area (Å²) in [5.41, 5.74) is 2.33. The van der Waals surface area contributed by atoms with E-state index in [1.165, 1.54) is 17.3 Å². The van der Waals surface area contributed by atoms with Gasteiger partial charge in [-0.15, -0.1) is 16.8 Å². The lowest BCUT2D eigenvalue weighted by atomic mass is 10.0. The predicted octanol–water partition coefficient (Wildman–Crippen LogP) is 3.79. The van der Waals surface area contributed by atoms with Crippen molar-refractivity contribution in [1.29, 1.82) is 0 Å². The van der Waals surface area contributed by atoms with E-state index in [0.29, 0.717) is 34.8 Å². The van der Waals surface area contributed by atoms with E-state index in [1.807, 2.05) is 24.3 Å². The molecule has 2 aromatic carbocycles. The van der Waals surface area contributed by atoms with Crippen LogP contribution in [0, 0.1) is 0 Å². The number of carbonyl (C=O) groups is 2. The molecule has 10 heteroatoms. The van der Waals surface area contributed by atoms with Gasteiger partial charge in [-0.25, -0.2) is 0 Å². The maximum absolute atomic E-state index is 12.7. The van der Waals surface area contributed by atoms with E-state index in [1.54, 1.807) is 42.0 Å². The number of aromatic nitrogens is 3. The van der Waals surface area contributed by atoms with Crippen molar-refractivity contribution in [3.63, 3.8) is 0 Å². The van der Waals surface area contributed by atoms with Crippen LogP contribution in [0.5, 0.6) is 5.75 Å². The Bertz CT molecular complexity index is 1180. The predicted molar refractivity (Wildman–Crippen MR) is 140 cm³/mol. The number of nitrogens with zero attached hydrogens (tertiary/aromatic N) is 3. The second-order valence-electron chi connectivity index (χ2n) is 8.29. The molecule has 0 bridgehead atoms. The third-order valence-corrected chi connectivity index (χ3v) is 6.37. The van der Waals surface area contributed by atoms with Crippen LogP contribution >= 0.6 is 11.8 Å². The maximum Gasteiger partial charge on any atom is 0.251 e. The third kappa shape index (κ3) is 6.96. The van der Waals surface area contributed by atoms with Gasteiger partial charge in [-0.05, 0) is 47.9 Å². The largest absolute Gasteiger partial charge is 0.497 e. The number of aliphatic hydroxyl groups is 1. The van der Waals surface area contributed by atoms with Gasteiger partial charge in [0.1, 0.15) is 11.8 Å². The number of nitrogens with one attached hydrogen (secondary N) is 2. The third-order valence-electron chi connectivity index (χ3n) is 5.40. The second-order valence-corrected chi connectivity index (χ2v) is 9.23. The highest BCUT2D eigenvalue weighted by Gasteiger charge is 2.23. The first-order chi connectivity index (χ1) is 17.4. The van der Waals surface area contributed by atoms with Crippen LogP contribution in [0.2, 0.25) is 0 Å². The summed E-state index contributed by atoms with van der Waals surface area (Å²) < 4.78 is 6.84. The normalized spacial score (nSPS) is 11.7. The molecule has 0 aliphatic heterocycles. The van der Waals surface area contributed by atoms with E-state index in [9.17, 15) is 14.7 Å². The van der Waals surface area contributed by atoms with Gasteiger partial charge in [0, 0.05) is 17.8 Å². The van der Waals surface area contributed by atoms with E-state index >= 15 is 0 Å². The number of amides is 2. The second kappa shape index (κ2) is 12.9. The first-order valence-electron chi connectivity index (χ1n) is 11.5. The summed E-state index contributed by atoms with van der Waals surface area (Å²) >= 11 is 1.21. The summed E-state index contributed by atoms with van der Waals surface area (Å²) in [5, 5.41) is 24.5. The molecular weight excluding hydrogens is 478 g/mol. The van der Waals surface area contributed by atoms with Gasteiger partial charge in [0.25, 0.3) is 5.91 Å². The minimum Gasteiger partial charge on any atom is -0.497 e. The SMILES string of the molecule is C=CCn1c(SCC(=O)Nc2ccc(C(C)C)cc2)nnc1[C@@H](CO)NC(=O)c1ccc(OC)cc1. The topological polar surface area (TPSA) is 118 Å². The zero-order valence-corrected chi connectivity index (χ0v) is 21.4. The van der Waals surface area contributed by atoms with Crippen LogP contribution in [-0.2, 0) is 11.3 Å². The molecule has 1 aromatic heterocycles. The van der Waals surface area contributed by atoms with Gasteiger partial charge >= 0.3 is 0 Å². The van der Waals surface area contributed by atoms with Gasteiger partial charge in [0.05, 0.1) is 19.5 Å². The summed E-state index contributed by atoms with van der Waals surface area (Å²) in [5.74, 6) is 0.976. The Morgan fingerprint density at radius 2 is 1.83 bits per heavy atom. The number of allylic oxidation sites excluding steroid dienone is 1. The summed E-state index contributed by atoms with van der Waals surface area (Å²) in [6.45, 7) is 7.97. The van der Waals surface area contributed by atoms with Crippen LogP contribution in [0.1, 0.15) is 47.6 Å². The number of aliphatic hydroxyl groups excluding tert-OH is 1. The molecule has 3 N–H and O–H groups in total. The van der Waals surface area contributed by atoms with Crippen LogP contribution in [-0.4, -0.2) is 51.2 Å². The van der Waals surface area contributed by atoms with Gasteiger partial charge in [0.15, 0.2) is 11.0 Å². The highest BCUT2D eigenvalue weighted by atomic mass is 32.2. The van der Waals surface area contributed by atoms with E-state index in [4.69, 9.17) is 4.74 Å². The molecular formula is C26H31N5O4S. The fourth-order valence-electron chi connectivity index (χ4n) is 3.42. The quantitative estimate of drug-likeness (QED) is 0.251. The van der Waals surface area contributed by atoms with Crippen LogP contribution < -0.4 is 15.4 Å². The van der Waals surface area contributed by atoms with Crippen molar-refractivity contribution in [2.24, 2.45) is 0 Å². The highest BCUT2D eigenvalue weighted by molar-refractivity contribution is 7.99. The molecule has 1 heterocycles. The summed E-state index contributed by atoms with van der Waals surface area (Å²) in [6.07, 6.45) is 1.66. The summed E-state index contributed by atoms with van der Waals surface area (Å²) in [4.78, 5) is 25.2. The first kappa shape index (κ1) is 27.0. The van der Waals surface area contributed by atoms with Gasteiger partial charge in [-0.2, -0.15) is 0 Å². The number of thioether (sulfide) groups is 1. The Morgan fingerprint density at radius 3 is 2.42 bits per heavy atom. The molecule has 0 unspecified atom stereocenters. The average molecular weight is 510 g/mol. The van der Waals surface area contributed by atoms with E-state index < -0.39 is 6.04 Å². The Morgan fingerprint density at radius 1 is 1.14 bits per heavy atom. The Hall–Kier alpha value is -3.63. The first-order valence-corrected chi connectivity index (χ1v) is 12.5. The van der Waals surface area contributed by atoms with Crippen molar-refractivity contribution in [1.82, 2.24) is 20.1 Å². The van der Waals surface area contributed by atoms with Crippen LogP contribution in [0.3, 0.4) is 0 Å². The number of hydrogen-bond donors (Lipinski definition) is 3. The van der Waals surface area contributed by atoms with Crippen molar-refractivity contribution < 1.29 is 19.4 Å². The van der Waals surface area contributed by atoms with Crippen molar-refractivity contribution in [3.8, 4) is 5.75 Å². The number of ether oxygens (including phenoxy) is 1. The zero-order valence-electron chi connectivity index (χ0n) is 20.6. The van der Waals surface area contributed by atoms with Crippen LogP contribution in [0.4, 0.5) is 5.69 Å². The Kier molecular flexibility index (Phi) is 9.66. The van der Waals surface area contributed by atoms with Crippen LogP contribution in [0.25, 0.3) is 0 Å². The highest BCUT2D eigenvalue weighted by Crippen LogP contribution is 2.22. The smallest absolute Gasteiger partial charge is 0.251 e. The van der Waals surface area contributed by atoms with Crippen molar-refractivity contribution in [2.45, 2.75) is 37.5 Å². The standard InChI is InChI=1S/C26H31N5O4S/c1-5-14-31-24(22(15-32)28-25(34)19-8-12-21(35-4)13-9-19)29-30-26(31)36-16-23(33)27-20-10-6-18(7-11-20)17(2)3/h5-13,17,22,32H,1,14-16H2,2-4H3,(H,27,33)(H,28,34)/t22-/m1/s1. The molecule has 3 aromatic rings. The molecule has 1 atom stereocenters. The molecule has 0 saturated carbocycles. The molecule has 36 heavy (non-hydrogen) atoms. The fraction of sp³-hybridized carbons (Fsp3) is 0.308. The molecule has 9 nitrogen and oxygen atoms in total. The molecule has 3 rings (SSSR count). The fourth-order valence-corrected chi connectivity index (χ4v) is 4.17. The monoisotopic (exact) mass is 509 g/mol. The number of rotatable bonds is 12. The molecule has 0 aliphatic carbocycles. The van der Waals surface area contributed by atoms with E-state index in [-0.39, 0.29) is 24.2 Å². The molecule has 0 saturated heterocycles. The van der Waals surface area contributed by atoms with Gasteiger partial charge in [0.2, 0.25) is 5.91 Å². The Balaban J connectivity index is 1.67. The number of carbonyl (C=O) groups excluding carboxylic acids is 2. The van der Waals surface area contributed by atoms with Gasteiger partial charge < -0.3 is 25.0 Å². The van der Waals surface area contributed by atoms with E-state index in [0.717, 1.165) is 5.69 Å². The molecule has 0 radical (unpaired) electrons. The number of benzene rings is 2. The van der Waals surface area contributed by atoms with Crippen LogP contribution in [0.15, 0.2) is 66.3 Å². The molecule has 0 fully saturated rings. The van der Waals surface area contributed by atoms with Gasteiger partial charge in [-0.1, -0.05) is 43.8 Å². The lowest BCUT2D eigenvalue weighted by molar-refractivity contribution is -0.113. The molecule has 2 amide bonds. The number of methoxy groups -OCH3 is 1. The lowest BCUT2D eigenvalue weighted by Gasteiger charge is -2.17. The van der Waals surface area contributed by atoms with Crippen molar-refractivity contribution in [2.75, 3.05) is 24.8 Å². The zero-order chi connectivity index (χ0) is 26.1. The lowest BCUT2D eigenvalue weighted by Crippen LogP contribution is -2.33. The minimum absolute atomic E-state index is 0.114. The van der Waals surface area contributed by atoms with Crippen molar-refractivity contribution >= 4 is 29.3 Å². The Labute approximate surface area is 215 Å². The summed E-state index contributed by atoms with van der Waals surface area (Å²) in [7, 11) is 1.55. The molecule has 0 aliphatic rings.